The molecule has 5 heterocycles. The zero-order valence-electron chi connectivity index (χ0n) is 39.2. The summed E-state index contributed by atoms with van der Waals surface area (Å²) in [4.78, 5) is 0. The minimum atomic E-state index is -0.518. The van der Waals surface area contributed by atoms with Gasteiger partial charge in [-0.2, -0.15) is 0 Å². The second-order valence-corrected chi connectivity index (χ2v) is 20.2. The number of rotatable bonds is 8. The standard InChI is InChI=1S/C65H51BN2/c1-5-38(6-2)43-33-48-49-34-44(39(7-3)8-4)37-54-62(49)68-61(48)53(35-43)65(50-29-19-17-27-46(50)47-28-18-20-30-51(47)65)52-31-32-56-59(63(52)68)66(54)55-36-42-25-15-16-26-45(42)58-57(40-21-11-9-12-22-40)60(67(56)64(55)58)41-23-13-10-14-24-41/h9-39H,5-8H2,1-4H3. The third-order valence-electron chi connectivity index (χ3n) is 17.4. The molecule has 0 saturated carbocycles. The first-order valence-corrected chi connectivity index (χ1v) is 25.3. The molecular formula is C65H51BN2. The minimum absolute atomic E-state index is 0.0133. The molecule has 0 unspecified atom stereocenters. The fourth-order valence-corrected chi connectivity index (χ4v) is 14.5. The molecule has 1 spiro atoms. The maximum absolute atomic E-state index is 2.80. The van der Waals surface area contributed by atoms with Crippen LogP contribution in [-0.4, -0.2) is 15.8 Å². The third-order valence-corrected chi connectivity index (χ3v) is 17.4. The van der Waals surface area contributed by atoms with E-state index in [1.165, 1.54) is 138 Å². The van der Waals surface area contributed by atoms with E-state index in [2.05, 4.69) is 213 Å². The fraction of sp³-hybridized carbons (Fsp3) is 0.169. The molecule has 0 bridgehead atoms. The quantitative estimate of drug-likeness (QED) is 0.135. The van der Waals surface area contributed by atoms with Gasteiger partial charge in [-0.15, -0.1) is 0 Å². The highest BCUT2D eigenvalue weighted by Crippen LogP contribution is 2.62. The average molecular weight is 871 g/mol. The van der Waals surface area contributed by atoms with Crippen molar-refractivity contribution >= 4 is 66.6 Å². The summed E-state index contributed by atoms with van der Waals surface area (Å²) in [6.07, 6.45) is 4.45. The van der Waals surface area contributed by atoms with Crippen LogP contribution in [0, 0.1) is 0 Å². The van der Waals surface area contributed by atoms with Gasteiger partial charge >= 0.3 is 0 Å². The highest BCUT2D eigenvalue weighted by Gasteiger charge is 2.54. The molecule has 1 aliphatic carbocycles. The zero-order valence-corrected chi connectivity index (χ0v) is 39.2. The Hall–Kier alpha value is -7.36. The third kappa shape index (κ3) is 4.56. The maximum Gasteiger partial charge on any atom is 0.252 e. The van der Waals surface area contributed by atoms with Crippen LogP contribution >= 0.6 is 0 Å². The van der Waals surface area contributed by atoms with Crippen LogP contribution in [0.4, 0.5) is 0 Å². The topological polar surface area (TPSA) is 9.86 Å². The van der Waals surface area contributed by atoms with Crippen LogP contribution in [0.15, 0.2) is 176 Å². The number of nitrogens with zero attached hydrogens (tertiary/aromatic N) is 2. The van der Waals surface area contributed by atoms with E-state index in [4.69, 9.17) is 0 Å². The summed E-state index contributed by atoms with van der Waals surface area (Å²) in [5, 5.41) is 6.77. The molecule has 68 heavy (non-hydrogen) atoms. The lowest BCUT2D eigenvalue weighted by molar-refractivity contribution is 0.639. The van der Waals surface area contributed by atoms with Gasteiger partial charge in [0.25, 0.3) is 6.71 Å². The molecule has 15 rings (SSSR count). The Morgan fingerprint density at radius 2 is 1.03 bits per heavy atom. The predicted molar refractivity (Wildman–Crippen MR) is 288 cm³/mol. The van der Waals surface area contributed by atoms with Gasteiger partial charge in [0.15, 0.2) is 0 Å². The molecule has 0 radical (unpaired) electrons. The lowest BCUT2D eigenvalue weighted by atomic mass is 9.33. The van der Waals surface area contributed by atoms with Crippen LogP contribution in [0.2, 0.25) is 0 Å². The highest BCUT2D eigenvalue weighted by atomic mass is 15.1. The summed E-state index contributed by atoms with van der Waals surface area (Å²) < 4.78 is 5.51. The van der Waals surface area contributed by atoms with Crippen molar-refractivity contribution in [1.29, 1.82) is 0 Å². The largest absolute Gasteiger partial charge is 0.310 e. The SMILES string of the molecule is CCC(CC)c1cc2c3c(c1)c1cc(C(CC)CC)cc4c1n3-c1c(ccc3c1B2c1cc2ccccc2c2c(-c5ccccc5)c(-c5ccccc5)n-3c12)C41c2ccccc2-c2ccccc21. The van der Waals surface area contributed by atoms with Gasteiger partial charge in [0, 0.05) is 38.6 Å². The molecule has 3 aliphatic heterocycles. The van der Waals surface area contributed by atoms with Crippen LogP contribution < -0.4 is 16.4 Å². The van der Waals surface area contributed by atoms with E-state index in [1.807, 2.05) is 0 Å². The molecule has 0 N–H and O–H groups in total. The van der Waals surface area contributed by atoms with Crippen molar-refractivity contribution in [2.24, 2.45) is 0 Å². The van der Waals surface area contributed by atoms with Crippen molar-refractivity contribution in [3.8, 4) is 44.9 Å². The summed E-state index contributed by atoms with van der Waals surface area (Å²) in [6.45, 7) is 9.56. The molecule has 11 aromatic rings. The van der Waals surface area contributed by atoms with Crippen molar-refractivity contribution in [2.45, 2.75) is 70.6 Å². The second kappa shape index (κ2) is 13.9. The minimum Gasteiger partial charge on any atom is -0.310 e. The van der Waals surface area contributed by atoms with Gasteiger partial charge in [0.05, 0.1) is 22.1 Å². The zero-order chi connectivity index (χ0) is 45.2. The molecule has 324 valence electrons. The lowest BCUT2D eigenvalue weighted by Crippen LogP contribution is -2.60. The van der Waals surface area contributed by atoms with Gasteiger partial charge in [0.1, 0.15) is 0 Å². The average Bonchev–Trinajstić information content (AvgIpc) is 4.03. The van der Waals surface area contributed by atoms with E-state index >= 15 is 0 Å². The van der Waals surface area contributed by atoms with Gasteiger partial charge in [-0.25, -0.2) is 0 Å². The molecule has 0 saturated heterocycles. The normalized spacial score (nSPS) is 14.2. The van der Waals surface area contributed by atoms with E-state index in [-0.39, 0.29) is 6.71 Å². The number of benzene rings is 9. The van der Waals surface area contributed by atoms with Crippen LogP contribution in [0.5, 0.6) is 0 Å². The summed E-state index contributed by atoms with van der Waals surface area (Å²) in [7, 11) is 0. The van der Waals surface area contributed by atoms with Crippen LogP contribution in [0.25, 0.3) is 88.4 Å². The van der Waals surface area contributed by atoms with Crippen LogP contribution in [0.1, 0.15) is 98.6 Å². The molecule has 3 heteroatoms. The summed E-state index contributed by atoms with van der Waals surface area (Å²) in [6, 6.07) is 68.8. The molecule has 9 aromatic carbocycles. The number of hydrogen-bond donors (Lipinski definition) is 0. The Balaban J connectivity index is 1.22. The van der Waals surface area contributed by atoms with Crippen molar-refractivity contribution in [3.05, 3.63) is 209 Å². The van der Waals surface area contributed by atoms with Crippen LogP contribution in [0.3, 0.4) is 0 Å². The van der Waals surface area contributed by atoms with Gasteiger partial charge in [-0.1, -0.05) is 185 Å². The van der Waals surface area contributed by atoms with Gasteiger partial charge < -0.3 is 9.13 Å². The molecule has 0 amide bonds. The molecule has 0 fully saturated rings. The lowest BCUT2D eigenvalue weighted by Gasteiger charge is -2.44. The molecular weight excluding hydrogens is 820 g/mol. The summed E-state index contributed by atoms with van der Waals surface area (Å²) in [5.41, 5.74) is 26.9. The summed E-state index contributed by atoms with van der Waals surface area (Å²) in [5.74, 6) is 0.928. The Bertz CT molecular complexity index is 3930. The Morgan fingerprint density at radius 3 is 1.71 bits per heavy atom. The Labute approximate surface area is 398 Å². The molecule has 2 aromatic heterocycles. The Kier molecular flexibility index (Phi) is 7.89. The van der Waals surface area contributed by atoms with Gasteiger partial charge in [-0.05, 0) is 139 Å². The first-order chi connectivity index (χ1) is 33.6. The van der Waals surface area contributed by atoms with Gasteiger partial charge in [-0.3, -0.25) is 0 Å². The Morgan fingerprint density at radius 1 is 0.456 bits per heavy atom. The van der Waals surface area contributed by atoms with Crippen molar-refractivity contribution < 1.29 is 0 Å². The van der Waals surface area contributed by atoms with E-state index in [0.717, 1.165) is 25.7 Å². The maximum atomic E-state index is 2.80. The van der Waals surface area contributed by atoms with E-state index in [0.29, 0.717) is 11.8 Å². The number of aromatic nitrogens is 2. The van der Waals surface area contributed by atoms with Crippen molar-refractivity contribution in [3.63, 3.8) is 0 Å². The molecule has 2 nitrogen and oxygen atoms in total. The number of fused-ring (bicyclic) bond motifs is 13. The smallest absolute Gasteiger partial charge is 0.252 e. The van der Waals surface area contributed by atoms with Crippen molar-refractivity contribution in [2.75, 3.05) is 0 Å². The van der Waals surface area contributed by atoms with Crippen LogP contribution in [-0.2, 0) is 5.41 Å². The molecule has 0 atom stereocenters. The van der Waals surface area contributed by atoms with E-state index < -0.39 is 5.41 Å². The van der Waals surface area contributed by atoms with Gasteiger partial charge in [0.2, 0.25) is 0 Å². The highest BCUT2D eigenvalue weighted by molar-refractivity contribution is 7.00. The summed E-state index contributed by atoms with van der Waals surface area (Å²) >= 11 is 0. The number of hydrogen-bond acceptors (Lipinski definition) is 0. The molecule has 4 aliphatic rings. The monoisotopic (exact) mass is 870 g/mol. The van der Waals surface area contributed by atoms with E-state index in [1.54, 1.807) is 0 Å². The predicted octanol–water partition coefficient (Wildman–Crippen LogP) is 14.8. The second-order valence-electron chi connectivity index (χ2n) is 20.2. The first-order valence-electron chi connectivity index (χ1n) is 25.3. The van der Waals surface area contributed by atoms with Crippen molar-refractivity contribution in [1.82, 2.24) is 9.13 Å². The van der Waals surface area contributed by atoms with E-state index in [9.17, 15) is 0 Å². The first kappa shape index (κ1) is 38.7. The fourth-order valence-electron chi connectivity index (χ4n) is 14.5.